The van der Waals surface area contributed by atoms with E-state index in [0.717, 1.165) is 32.7 Å². The van der Waals surface area contributed by atoms with Gasteiger partial charge in [-0.05, 0) is 33.7 Å². The summed E-state index contributed by atoms with van der Waals surface area (Å²) in [6.07, 6.45) is 0. The molecule has 5 aromatic rings. The molecular weight excluding hydrogens is 341 g/mol. The lowest BCUT2D eigenvalue weighted by Crippen LogP contribution is -1.79. The Hall–Kier alpha value is -2.74. The molecule has 1 heterocycles. The maximum Gasteiger partial charge on any atom is 0.303 e. The summed E-state index contributed by atoms with van der Waals surface area (Å²) in [6.45, 7) is 4.00. The van der Waals surface area contributed by atoms with E-state index in [2.05, 4.69) is 36.4 Å². The zero-order valence-electron chi connectivity index (χ0n) is 14.8. The first-order valence-electron chi connectivity index (χ1n) is 8.76. The number of hydrogen-bond donors (Lipinski definition) is 1. The molecule has 0 aliphatic heterocycles. The Balaban J connectivity index is 0.000000814. The molecule has 2 N–H and O–H groups in total. The summed E-state index contributed by atoms with van der Waals surface area (Å²) in [5.74, 6) is 0. The van der Waals surface area contributed by atoms with Crippen molar-refractivity contribution < 1.29 is 8.39 Å². The Morgan fingerprint density at radius 2 is 1.04 bits per heavy atom. The van der Waals surface area contributed by atoms with E-state index in [1.807, 2.05) is 50.2 Å². The zero-order valence-corrected chi connectivity index (χ0v) is 15.7. The van der Waals surface area contributed by atoms with Crippen molar-refractivity contribution in [1.29, 1.82) is 0 Å². The highest BCUT2D eigenvalue weighted by Crippen LogP contribution is 2.38. The second-order valence-electron chi connectivity index (χ2n) is 5.79. The fourth-order valence-corrected chi connectivity index (χ4v) is 4.11. The predicted octanol–water partition coefficient (Wildman–Crippen LogP) is 7.34. The maximum absolute atomic E-state index is 6.07. The lowest BCUT2D eigenvalue weighted by Gasteiger charge is -2.05. The van der Waals surface area contributed by atoms with Crippen molar-refractivity contribution in [3.05, 3.63) is 72.8 Å². The molecule has 0 amide bonds. The first-order valence-corrected chi connectivity index (χ1v) is 10.0. The summed E-state index contributed by atoms with van der Waals surface area (Å²) < 4.78 is 11.8. The molecule has 5 rings (SSSR count). The molecule has 3 nitrogen and oxygen atoms in total. The lowest BCUT2D eigenvalue weighted by molar-refractivity contribution is 0.648. The summed E-state index contributed by atoms with van der Waals surface area (Å²) in [5.41, 5.74) is 7.62. The first-order chi connectivity index (χ1) is 12.8. The summed E-state index contributed by atoms with van der Waals surface area (Å²) in [5, 5.41) is 6.72. The van der Waals surface area contributed by atoms with Gasteiger partial charge >= 0.3 is 8.16 Å². The standard InChI is InChI=1S/C20H14NO2P.C2H6/c21-24-22-17-11-9-13-5-1-3-7-15(13)19(17)20-16-8-4-2-6-14(16)10-12-18(20)23-24;1-2/h1-12H,21H2;1-2H3. The molecule has 0 spiro atoms. The van der Waals surface area contributed by atoms with Crippen molar-refractivity contribution >= 4 is 51.6 Å². The van der Waals surface area contributed by atoms with Gasteiger partial charge in [-0.1, -0.05) is 74.5 Å². The van der Waals surface area contributed by atoms with Gasteiger partial charge in [-0.2, -0.15) is 0 Å². The average Bonchev–Trinajstić information content (AvgIpc) is 2.85. The van der Waals surface area contributed by atoms with E-state index in [4.69, 9.17) is 13.9 Å². The average molecular weight is 361 g/mol. The van der Waals surface area contributed by atoms with Crippen molar-refractivity contribution in [1.82, 2.24) is 0 Å². The molecule has 0 bridgehead atoms. The molecule has 130 valence electrons. The minimum Gasteiger partial charge on any atom is -0.408 e. The Morgan fingerprint density at radius 1 is 0.615 bits per heavy atom. The number of hydrogen-bond acceptors (Lipinski definition) is 3. The summed E-state index contributed by atoms with van der Waals surface area (Å²) in [4.78, 5) is 0. The molecule has 0 unspecified atom stereocenters. The molecule has 0 fully saturated rings. The van der Waals surface area contributed by atoms with Gasteiger partial charge in [0.2, 0.25) is 0 Å². The van der Waals surface area contributed by atoms with E-state index in [0.29, 0.717) is 0 Å². The van der Waals surface area contributed by atoms with Crippen molar-refractivity contribution in [3.8, 4) is 0 Å². The van der Waals surface area contributed by atoms with Gasteiger partial charge in [0.1, 0.15) is 11.2 Å². The van der Waals surface area contributed by atoms with Gasteiger partial charge in [-0.25, -0.2) is 5.50 Å². The highest BCUT2D eigenvalue weighted by Gasteiger charge is 2.11. The van der Waals surface area contributed by atoms with Gasteiger partial charge in [-0.15, -0.1) is 0 Å². The highest BCUT2D eigenvalue weighted by molar-refractivity contribution is 7.36. The van der Waals surface area contributed by atoms with Crippen LogP contribution in [0.25, 0.3) is 43.5 Å². The smallest absolute Gasteiger partial charge is 0.303 e. The Labute approximate surface area is 152 Å². The molecule has 1 aromatic heterocycles. The predicted molar refractivity (Wildman–Crippen MR) is 113 cm³/mol. The van der Waals surface area contributed by atoms with Crippen LogP contribution in [0.3, 0.4) is 0 Å². The Bertz CT molecular complexity index is 1180. The third kappa shape index (κ3) is 2.66. The van der Waals surface area contributed by atoms with E-state index >= 15 is 0 Å². The highest BCUT2D eigenvalue weighted by atomic mass is 31.1. The van der Waals surface area contributed by atoms with Gasteiger partial charge in [0, 0.05) is 10.8 Å². The van der Waals surface area contributed by atoms with Crippen molar-refractivity contribution in [3.63, 3.8) is 0 Å². The minimum atomic E-state index is -1.50. The summed E-state index contributed by atoms with van der Waals surface area (Å²) >= 11 is 0. The van der Waals surface area contributed by atoms with Crippen LogP contribution in [0.2, 0.25) is 0 Å². The maximum atomic E-state index is 6.07. The van der Waals surface area contributed by atoms with Gasteiger partial charge in [0.15, 0.2) is 0 Å². The number of rotatable bonds is 0. The van der Waals surface area contributed by atoms with E-state index in [9.17, 15) is 0 Å². The fourth-order valence-electron chi connectivity index (χ4n) is 3.38. The van der Waals surface area contributed by atoms with E-state index < -0.39 is 8.16 Å². The van der Waals surface area contributed by atoms with Crippen LogP contribution >= 0.6 is 8.16 Å². The summed E-state index contributed by atoms with van der Waals surface area (Å²) in [6, 6.07) is 24.7. The number of nitrogens with two attached hydrogens (primary N) is 1. The zero-order chi connectivity index (χ0) is 18.1. The van der Waals surface area contributed by atoms with Crippen LogP contribution in [0.1, 0.15) is 13.8 Å². The molecular formula is C22H20NO2P. The molecule has 0 saturated heterocycles. The van der Waals surface area contributed by atoms with Crippen molar-refractivity contribution in [2.45, 2.75) is 13.8 Å². The van der Waals surface area contributed by atoms with Crippen LogP contribution in [-0.2, 0) is 0 Å². The van der Waals surface area contributed by atoms with E-state index in [-0.39, 0.29) is 0 Å². The van der Waals surface area contributed by atoms with E-state index in [1.165, 1.54) is 10.8 Å². The third-order valence-electron chi connectivity index (χ3n) is 4.41. The van der Waals surface area contributed by atoms with Crippen molar-refractivity contribution in [2.24, 2.45) is 0 Å². The van der Waals surface area contributed by atoms with Gasteiger partial charge in [-0.3, -0.25) is 0 Å². The molecule has 0 saturated carbocycles. The Kier molecular flexibility index (Phi) is 4.42. The molecule has 4 heteroatoms. The van der Waals surface area contributed by atoms with Gasteiger partial charge in [0.25, 0.3) is 0 Å². The SMILES string of the molecule is CC.Np1oc2ccc3ccccc3c2c2c(ccc3ccccc32)o1. The lowest BCUT2D eigenvalue weighted by atomic mass is 9.99. The van der Waals surface area contributed by atoms with Gasteiger partial charge < -0.3 is 8.39 Å². The third-order valence-corrected chi connectivity index (χ3v) is 5.16. The molecule has 26 heavy (non-hydrogen) atoms. The minimum absolute atomic E-state index is 0.775. The second kappa shape index (κ2) is 6.87. The van der Waals surface area contributed by atoms with Crippen LogP contribution in [0.4, 0.5) is 0 Å². The number of fused-ring (bicyclic) bond motifs is 7. The molecule has 0 atom stereocenters. The van der Waals surface area contributed by atoms with Crippen LogP contribution < -0.4 is 5.50 Å². The second-order valence-corrected chi connectivity index (χ2v) is 6.72. The van der Waals surface area contributed by atoms with Crippen LogP contribution in [-0.4, -0.2) is 0 Å². The molecule has 0 aliphatic rings. The normalized spacial score (nSPS) is 10.9. The first kappa shape index (κ1) is 16.7. The Morgan fingerprint density at radius 3 is 1.50 bits per heavy atom. The molecule has 4 aromatic carbocycles. The fraction of sp³-hybridized carbons (Fsp3) is 0.0909. The number of nitrogen functional groups attached to an aromatic ring is 1. The monoisotopic (exact) mass is 361 g/mol. The topological polar surface area (TPSA) is 52.3 Å². The molecule has 0 aliphatic carbocycles. The van der Waals surface area contributed by atoms with Crippen LogP contribution in [0, 0.1) is 0 Å². The number of benzene rings is 4. The van der Waals surface area contributed by atoms with Gasteiger partial charge in [0.05, 0.1) is 0 Å². The largest absolute Gasteiger partial charge is 0.408 e. The van der Waals surface area contributed by atoms with Crippen LogP contribution in [0.15, 0.2) is 81.2 Å². The van der Waals surface area contributed by atoms with Crippen molar-refractivity contribution in [2.75, 3.05) is 5.50 Å². The quantitative estimate of drug-likeness (QED) is 0.314. The van der Waals surface area contributed by atoms with E-state index in [1.54, 1.807) is 0 Å². The van der Waals surface area contributed by atoms with Crippen LogP contribution in [0.5, 0.6) is 0 Å². The summed E-state index contributed by atoms with van der Waals surface area (Å²) in [7, 11) is -1.50. The molecule has 0 radical (unpaired) electrons.